The summed E-state index contributed by atoms with van der Waals surface area (Å²) in [5.74, 6) is 0.967. The summed E-state index contributed by atoms with van der Waals surface area (Å²) in [6.07, 6.45) is 3.35. The molecule has 26 heavy (non-hydrogen) atoms. The van der Waals surface area contributed by atoms with Crippen molar-refractivity contribution in [1.82, 2.24) is 15.2 Å². The van der Waals surface area contributed by atoms with Gasteiger partial charge in [-0.15, -0.1) is 24.0 Å². The van der Waals surface area contributed by atoms with Crippen LogP contribution in [0.5, 0.6) is 0 Å². The molecular weight excluding hydrogens is 435 g/mol. The van der Waals surface area contributed by atoms with Gasteiger partial charge in [0.05, 0.1) is 12.2 Å². The van der Waals surface area contributed by atoms with Crippen LogP contribution in [0, 0.1) is 6.92 Å². The fraction of sp³-hybridized carbons (Fsp3) is 0.333. The Balaban J connectivity index is 0.00000243. The molecule has 1 aromatic carbocycles. The van der Waals surface area contributed by atoms with Gasteiger partial charge in [0.1, 0.15) is 0 Å². The van der Waals surface area contributed by atoms with E-state index in [0.29, 0.717) is 6.54 Å². The third-order valence-corrected chi connectivity index (χ3v) is 4.32. The number of pyridine rings is 1. The Morgan fingerprint density at radius 3 is 2.62 bits per heavy atom. The van der Waals surface area contributed by atoms with E-state index in [4.69, 9.17) is 4.99 Å². The molecule has 3 rings (SSSR count). The van der Waals surface area contributed by atoms with Gasteiger partial charge in [-0.25, -0.2) is 4.99 Å². The van der Waals surface area contributed by atoms with Crippen LogP contribution < -0.4 is 5.32 Å². The van der Waals surface area contributed by atoms with Gasteiger partial charge in [-0.3, -0.25) is 4.98 Å². The number of rotatable bonds is 4. The largest absolute Gasteiger partial charge is 0.356 e. The molecule has 0 saturated heterocycles. The Kier molecular flexibility index (Phi) is 8.09. The predicted molar refractivity (Wildman–Crippen MR) is 120 cm³/mol. The molecule has 0 bridgehead atoms. The van der Waals surface area contributed by atoms with Crippen molar-refractivity contribution >= 4 is 35.5 Å². The number of guanidine groups is 1. The summed E-state index contributed by atoms with van der Waals surface area (Å²) in [5.41, 5.74) is 4.79. The van der Waals surface area contributed by atoms with Crippen LogP contribution >= 0.6 is 24.0 Å². The van der Waals surface area contributed by atoms with Gasteiger partial charge in [0.25, 0.3) is 0 Å². The van der Waals surface area contributed by atoms with Crippen LogP contribution in [0.4, 0.5) is 0 Å². The highest BCUT2D eigenvalue weighted by atomic mass is 127. The highest BCUT2D eigenvalue weighted by molar-refractivity contribution is 14.0. The van der Waals surface area contributed by atoms with Crippen LogP contribution in [0.1, 0.15) is 30.3 Å². The smallest absolute Gasteiger partial charge is 0.194 e. The summed E-state index contributed by atoms with van der Waals surface area (Å²) in [6.45, 7) is 7.46. The van der Waals surface area contributed by atoms with Crippen molar-refractivity contribution in [3.63, 3.8) is 0 Å². The monoisotopic (exact) mass is 462 g/mol. The van der Waals surface area contributed by atoms with Gasteiger partial charge in [-0.05, 0) is 43.5 Å². The Labute approximate surface area is 173 Å². The van der Waals surface area contributed by atoms with Gasteiger partial charge < -0.3 is 10.2 Å². The average molecular weight is 462 g/mol. The van der Waals surface area contributed by atoms with E-state index in [1.165, 1.54) is 11.1 Å². The van der Waals surface area contributed by atoms with Crippen molar-refractivity contribution in [3.8, 4) is 0 Å². The number of nitrogens with one attached hydrogen (secondary N) is 1. The fourth-order valence-corrected chi connectivity index (χ4v) is 3.05. The number of aromatic nitrogens is 1. The molecule has 4 nitrogen and oxygen atoms in total. The predicted octanol–water partition coefficient (Wildman–Crippen LogP) is 4.26. The molecule has 0 saturated carbocycles. The SMILES string of the molecule is CCNC(=NCc1cccc(C)n1)N1CC=C(c2ccccc2)CC1.I. The van der Waals surface area contributed by atoms with Gasteiger partial charge in [0.2, 0.25) is 0 Å². The van der Waals surface area contributed by atoms with Crippen LogP contribution in [0.3, 0.4) is 0 Å². The van der Waals surface area contributed by atoms with Crippen molar-refractivity contribution in [3.05, 3.63) is 71.6 Å². The lowest BCUT2D eigenvalue weighted by Crippen LogP contribution is -2.43. The first kappa shape index (κ1) is 20.4. The van der Waals surface area contributed by atoms with Crippen molar-refractivity contribution in [2.24, 2.45) is 4.99 Å². The molecule has 1 aliphatic rings. The zero-order chi connectivity index (χ0) is 17.5. The molecule has 1 N–H and O–H groups in total. The number of nitrogens with zero attached hydrogens (tertiary/aromatic N) is 3. The van der Waals surface area contributed by atoms with E-state index in [9.17, 15) is 0 Å². The number of aliphatic imine (C=N–C) groups is 1. The molecule has 0 spiro atoms. The Morgan fingerprint density at radius 2 is 1.96 bits per heavy atom. The maximum Gasteiger partial charge on any atom is 0.194 e. The first-order valence-electron chi connectivity index (χ1n) is 8.96. The average Bonchev–Trinajstić information content (AvgIpc) is 2.66. The van der Waals surface area contributed by atoms with E-state index >= 15 is 0 Å². The topological polar surface area (TPSA) is 40.5 Å². The van der Waals surface area contributed by atoms with Crippen LogP contribution in [0.2, 0.25) is 0 Å². The lowest BCUT2D eigenvalue weighted by atomic mass is 10.00. The molecule has 0 unspecified atom stereocenters. The molecule has 138 valence electrons. The summed E-state index contributed by atoms with van der Waals surface area (Å²) in [7, 11) is 0. The molecule has 1 aliphatic heterocycles. The van der Waals surface area contributed by atoms with Gasteiger partial charge >= 0.3 is 0 Å². The van der Waals surface area contributed by atoms with E-state index in [0.717, 1.165) is 43.4 Å². The van der Waals surface area contributed by atoms with E-state index in [2.05, 4.69) is 58.5 Å². The number of hydrogen-bond donors (Lipinski definition) is 1. The van der Waals surface area contributed by atoms with Crippen molar-refractivity contribution in [1.29, 1.82) is 0 Å². The van der Waals surface area contributed by atoms with Crippen molar-refractivity contribution in [2.45, 2.75) is 26.8 Å². The van der Waals surface area contributed by atoms with Gasteiger partial charge in [-0.1, -0.05) is 42.5 Å². The normalized spacial score (nSPS) is 14.5. The van der Waals surface area contributed by atoms with Crippen LogP contribution in [0.15, 0.2) is 59.6 Å². The van der Waals surface area contributed by atoms with Crippen LogP contribution in [-0.4, -0.2) is 35.5 Å². The maximum absolute atomic E-state index is 4.79. The number of aryl methyl sites for hydroxylation is 1. The Hall–Kier alpha value is -1.89. The fourth-order valence-electron chi connectivity index (χ4n) is 3.05. The van der Waals surface area contributed by atoms with Crippen molar-refractivity contribution in [2.75, 3.05) is 19.6 Å². The van der Waals surface area contributed by atoms with E-state index in [-0.39, 0.29) is 24.0 Å². The zero-order valence-electron chi connectivity index (χ0n) is 15.5. The third kappa shape index (κ3) is 5.56. The molecule has 5 heteroatoms. The van der Waals surface area contributed by atoms with E-state index in [1.54, 1.807) is 0 Å². The molecule has 0 radical (unpaired) electrons. The minimum absolute atomic E-state index is 0. The summed E-state index contributed by atoms with van der Waals surface area (Å²) < 4.78 is 0. The summed E-state index contributed by atoms with van der Waals surface area (Å²) in [4.78, 5) is 11.6. The highest BCUT2D eigenvalue weighted by Gasteiger charge is 2.16. The first-order chi connectivity index (χ1) is 12.3. The lowest BCUT2D eigenvalue weighted by Gasteiger charge is -2.29. The minimum atomic E-state index is 0. The molecule has 1 aromatic heterocycles. The summed E-state index contributed by atoms with van der Waals surface area (Å²) >= 11 is 0. The molecule has 0 aliphatic carbocycles. The quantitative estimate of drug-likeness (QED) is 0.420. The van der Waals surface area contributed by atoms with Crippen LogP contribution in [-0.2, 0) is 6.54 Å². The molecular formula is C21H27IN4. The number of halogens is 1. The van der Waals surface area contributed by atoms with Gasteiger partial charge in [0, 0.05) is 25.3 Å². The van der Waals surface area contributed by atoms with Crippen LogP contribution in [0.25, 0.3) is 5.57 Å². The molecule has 0 fully saturated rings. The van der Waals surface area contributed by atoms with E-state index < -0.39 is 0 Å². The second kappa shape index (κ2) is 10.3. The van der Waals surface area contributed by atoms with E-state index in [1.807, 2.05) is 25.1 Å². The molecule has 0 atom stereocenters. The molecule has 0 amide bonds. The first-order valence-corrected chi connectivity index (χ1v) is 8.96. The lowest BCUT2D eigenvalue weighted by molar-refractivity contribution is 0.439. The Morgan fingerprint density at radius 1 is 1.15 bits per heavy atom. The van der Waals surface area contributed by atoms with Crippen molar-refractivity contribution < 1.29 is 0 Å². The molecule has 2 aromatic rings. The second-order valence-corrected chi connectivity index (χ2v) is 6.23. The summed E-state index contributed by atoms with van der Waals surface area (Å²) in [5, 5.41) is 3.41. The van der Waals surface area contributed by atoms with Gasteiger partial charge in [0.15, 0.2) is 5.96 Å². The zero-order valence-corrected chi connectivity index (χ0v) is 17.8. The maximum atomic E-state index is 4.79. The minimum Gasteiger partial charge on any atom is -0.356 e. The highest BCUT2D eigenvalue weighted by Crippen LogP contribution is 2.22. The summed E-state index contributed by atoms with van der Waals surface area (Å²) in [6, 6.07) is 16.7. The van der Waals surface area contributed by atoms with Gasteiger partial charge in [-0.2, -0.15) is 0 Å². The number of hydrogen-bond acceptors (Lipinski definition) is 2. The number of benzene rings is 1. The Bertz CT molecular complexity index is 756. The standard InChI is InChI=1S/C21H26N4.HI/c1-3-22-21(23-16-20-11-7-8-17(2)24-20)25-14-12-19(13-15-25)18-9-5-4-6-10-18;/h4-12H,3,13-16H2,1-2H3,(H,22,23);1H. The molecule has 2 heterocycles. The second-order valence-electron chi connectivity index (χ2n) is 6.23. The third-order valence-electron chi connectivity index (χ3n) is 4.32.